The lowest BCUT2D eigenvalue weighted by molar-refractivity contribution is -0.117. The summed E-state index contributed by atoms with van der Waals surface area (Å²) < 4.78 is 0. The van der Waals surface area contributed by atoms with Crippen molar-refractivity contribution in [2.75, 3.05) is 18.5 Å². The van der Waals surface area contributed by atoms with Gasteiger partial charge in [-0.3, -0.25) is 9.59 Å². The molecule has 1 aromatic rings. The number of anilines is 1. The zero-order chi connectivity index (χ0) is 13.3. The molecule has 0 bridgehead atoms. The Balaban J connectivity index is 2.40. The Morgan fingerprint density at radius 2 is 2.22 bits per heavy atom. The maximum absolute atomic E-state index is 11.8. The van der Waals surface area contributed by atoms with Gasteiger partial charge in [-0.25, -0.2) is 0 Å². The van der Waals surface area contributed by atoms with Crippen LogP contribution in [0.5, 0.6) is 0 Å². The molecule has 1 heterocycles. The van der Waals surface area contributed by atoms with Crippen molar-refractivity contribution in [1.82, 2.24) is 5.32 Å². The van der Waals surface area contributed by atoms with Crippen LogP contribution in [0.3, 0.4) is 0 Å². The normalized spacial score (nSPS) is 19.2. The molecule has 2 N–H and O–H groups in total. The third kappa shape index (κ3) is 2.09. The summed E-state index contributed by atoms with van der Waals surface area (Å²) in [6, 6.07) is 5.25. The summed E-state index contributed by atoms with van der Waals surface area (Å²) >= 11 is 0. The molecule has 0 spiro atoms. The average molecular weight is 248 g/mol. The number of amides is 2. The lowest BCUT2D eigenvalue weighted by atomic mass is 10.1. The van der Waals surface area contributed by atoms with Gasteiger partial charge in [-0.05, 0) is 24.6 Å². The molecule has 5 nitrogen and oxygen atoms in total. The zero-order valence-corrected chi connectivity index (χ0v) is 10.4. The van der Waals surface area contributed by atoms with Gasteiger partial charge in [0.25, 0.3) is 5.91 Å². The van der Waals surface area contributed by atoms with Crippen LogP contribution in [0.1, 0.15) is 22.3 Å². The lowest BCUT2D eigenvalue weighted by Gasteiger charge is -2.20. The summed E-state index contributed by atoms with van der Waals surface area (Å²) in [5, 5.41) is 12.1. The highest BCUT2D eigenvalue weighted by atomic mass is 16.3. The minimum atomic E-state index is -0.624. The molecule has 18 heavy (non-hydrogen) atoms. The predicted octanol–water partition coefficient (Wildman–Crippen LogP) is 0.452. The molecule has 0 aromatic heterocycles. The van der Waals surface area contributed by atoms with Crippen LogP contribution in [0.2, 0.25) is 0 Å². The van der Waals surface area contributed by atoms with E-state index in [-0.39, 0.29) is 24.8 Å². The van der Waals surface area contributed by atoms with Crippen LogP contribution in [-0.4, -0.2) is 36.6 Å². The van der Waals surface area contributed by atoms with Crippen LogP contribution >= 0.6 is 0 Å². The first kappa shape index (κ1) is 12.6. The topological polar surface area (TPSA) is 69.6 Å². The molecule has 1 aliphatic rings. The van der Waals surface area contributed by atoms with Gasteiger partial charge in [0, 0.05) is 18.3 Å². The Morgan fingerprint density at radius 3 is 2.78 bits per heavy atom. The second-order valence-electron chi connectivity index (χ2n) is 4.39. The van der Waals surface area contributed by atoms with Gasteiger partial charge in [-0.2, -0.15) is 0 Å². The Hall–Kier alpha value is -1.88. The number of rotatable bonds is 2. The molecule has 1 unspecified atom stereocenters. The highest BCUT2D eigenvalue weighted by Gasteiger charge is 2.30. The van der Waals surface area contributed by atoms with Crippen LogP contribution in [0, 0.1) is 6.92 Å². The summed E-state index contributed by atoms with van der Waals surface area (Å²) in [5.74, 6) is -0.291. The van der Waals surface area contributed by atoms with Gasteiger partial charge < -0.3 is 15.3 Å². The van der Waals surface area contributed by atoms with Crippen molar-refractivity contribution in [3.8, 4) is 0 Å². The molecule has 1 aromatic carbocycles. The van der Waals surface area contributed by atoms with Crippen LogP contribution in [-0.2, 0) is 4.79 Å². The second kappa shape index (κ2) is 4.78. The molecule has 1 saturated heterocycles. The quantitative estimate of drug-likeness (QED) is 0.798. The van der Waals surface area contributed by atoms with Crippen molar-refractivity contribution in [1.29, 1.82) is 0 Å². The van der Waals surface area contributed by atoms with E-state index in [0.29, 0.717) is 11.3 Å². The fourth-order valence-electron chi connectivity index (χ4n) is 2.22. The van der Waals surface area contributed by atoms with Crippen LogP contribution in [0.25, 0.3) is 0 Å². The lowest BCUT2D eigenvalue weighted by Crippen LogP contribution is -2.27. The molecular weight excluding hydrogens is 232 g/mol. The van der Waals surface area contributed by atoms with E-state index in [2.05, 4.69) is 5.32 Å². The maximum atomic E-state index is 11.8. The van der Waals surface area contributed by atoms with E-state index >= 15 is 0 Å². The standard InChI is InChI=1S/C13H16N2O3/c1-8-10(13(18)14-2)4-3-5-11(8)15-7-9(16)6-12(15)17/h3-5,9,16H,6-7H2,1-2H3,(H,14,18). The van der Waals surface area contributed by atoms with E-state index in [1.807, 2.05) is 0 Å². The molecule has 0 aliphatic carbocycles. The third-order valence-electron chi connectivity index (χ3n) is 3.17. The van der Waals surface area contributed by atoms with E-state index in [9.17, 15) is 14.7 Å². The smallest absolute Gasteiger partial charge is 0.251 e. The van der Waals surface area contributed by atoms with E-state index < -0.39 is 6.10 Å². The van der Waals surface area contributed by atoms with Gasteiger partial charge in [0.2, 0.25) is 5.91 Å². The summed E-state index contributed by atoms with van der Waals surface area (Å²) in [5.41, 5.74) is 1.99. The first-order valence-electron chi connectivity index (χ1n) is 5.84. The second-order valence-corrected chi connectivity index (χ2v) is 4.39. The number of hydrogen-bond acceptors (Lipinski definition) is 3. The number of carbonyl (C=O) groups is 2. The highest BCUT2D eigenvalue weighted by Crippen LogP contribution is 2.27. The van der Waals surface area contributed by atoms with E-state index in [4.69, 9.17) is 0 Å². The maximum Gasteiger partial charge on any atom is 0.251 e. The van der Waals surface area contributed by atoms with Crippen LogP contribution in [0.15, 0.2) is 18.2 Å². The van der Waals surface area contributed by atoms with Crippen molar-refractivity contribution in [2.45, 2.75) is 19.4 Å². The molecule has 0 radical (unpaired) electrons. The first-order chi connectivity index (χ1) is 8.54. The SMILES string of the molecule is CNC(=O)c1cccc(N2CC(O)CC2=O)c1C. The minimum absolute atomic E-state index is 0.111. The molecule has 2 amide bonds. The van der Waals surface area contributed by atoms with E-state index in [1.165, 1.54) is 4.90 Å². The molecular formula is C13H16N2O3. The average Bonchev–Trinajstić information content (AvgIpc) is 2.68. The largest absolute Gasteiger partial charge is 0.391 e. The van der Waals surface area contributed by atoms with E-state index in [0.717, 1.165) is 5.56 Å². The van der Waals surface area contributed by atoms with Gasteiger partial charge in [0.1, 0.15) is 0 Å². The number of aliphatic hydroxyl groups excluding tert-OH is 1. The number of β-amino-alcohol motifs (C(OH)–C–C–N with tert-alkyl or cyclic N) is 1. The number of carbonyl (C=O) groups excluding carboxylic acids is 2. The fraction of sp³-hybridized carbons (Fsp3) is 0.385. The van der Waals surface area contributed by atoms with Crippen molar-refractivity contribution < 1.29 is 14.7 Å². The van der Waals surface area contributed by atoms with Crippen LogP contribution < -0.4 is 10.2 Å². The molecule has 96 valence electrons. The van der Waals surface area contributed by atoms with Gasteiger partial charge in [-0.15, -0.1) is 0 Å². The molecule has 1 fully saturated rings. The predicted molar refractivity (Wildman–Crippen MR) is 67.5 cm³/mol. The zero-order valence-electron chi connectivity index (χ0n) is 10.4. The number of benzene rings is 1. The van der Waals surface area contributed by atoms with Gasteiger partial charge in [0.05, 0.1) is 19.1 Å². The molecule has 1 aliphatic heterocycles. The first-order valence-corrected chi connectivity index (χ1v) is 5.84. The van der Waals surface area contributed by atoms with Crippen LogP contribution in [0.4, 0.5) is 5.69 Å². The molecule has 1 atom stereocenters. The number of nitrogens with zero attached hydrogens (tertiary/aromatic N) is 1. The number of hydrogen-bond donors (Lipinski definition) is 2. The summed E-state index contributed by atoms with van der Waals surface area (Å²) in [6.45, 7) is 2.09. The Labute approximate surface area is 105 Å². The van der Waals surface area contributed by atoms with E-state index in [1.54, 1.807) is 32.2 Å². The summed E-state index contributed by atoms with van der Waals surface area (Å²) in [7, 11) is 1.57. The minimum Gasteiger partial charge on any atom is -0.391 e. The molecule has 5 heteroatoms. The number of aliphatic hydroxyl groups is 1. The fourth-order valence-corrected chi connectivity index (χ4v) is 2.22. The van der Waals surface area contributed by atoms with Crippen molar-refractivity contribution in [2.24, 2.45) is 0 Å². The molecule has 2 rings (SSSR count). The monoisotopic (exact) mass is 248 g/mol. The third-order valence-corrected chi connectivity index (χ3v) is 3.17. The Bertz CT molecular complexity index is 499. The number of nitrogens with one attached hydrogen (secondary N) is 1. The van der Waals surface area contributed by atoms with Crippen molar-refractivity contribution in [3.05, 3.63) is 29.3 Å². The van der Waals surface area contributed by atoms with Gasteiger partial charge in [0.15, 0.2) is 0 Å². The van der Waals surface area contributed by atoms with Gasteiger partial charge >= 0.3 is 0 Å². The Kier molecular flexibility index (Phi) is 3.34. The highest BCUT2D eigenvalue weighted by molar-refractivity contribution is 6.01. The van der Waals surface area contributed by atoms with Gasteiger partial charge in [-0.1, -0.05) is 6.07 Å². The Morgan fingerprint density at radius 1 is 1.50 bits per heavy atom. The molecule has 0 saturated carbocycles. The van der Waals surface area contributed by atoms with Crippen molar-refractivity contribution in [3.63, 3.8) is 0 Å². The van der Waals surface area contributed by atoms with Crippen molar-refractivity contribution >= 4 is 17.5 Å². The summed E-state index contributed by atoms with van der Waals surface area (Å²) in [4.78, 5) is 25.0. The summed E-state index contributed by atoms with van der Waals surface area (Å²) in [6.07, 6.45) is -0.482.